The maximum atomic E-state index is 12.6. The van der Waals surface area contributed by atoms with Crippen LogP contribution in [0.5, 0.6) is 0 Å². The van der Waals surface area contributed by atoms with Crippen LogP contribution in [0.2, 0.25) is 0 Å². The second-order valence-electron chi connectivity index (χ2n) is 5.68. The number of hydrogen-bond donors (Lipinski definition) is 2. The molecular weight excluding hydrogens is 327 g/mol. The zero-order chi connectivity index (χ0) is 17.8. The Labute approximate surface area is 139 Å². The molecule has 0 amide bonds. The summed E-state index contributed by atoms with van der Waals surface area (Å²) in [6, 6.07) is 4.70. The van der Waals surface area contributed by atoms with Crippen LogP contribution < -0.4 is 0 Å². The van der Waals surface area contributed by atoms with Gasteiger partial charge in [-0.05, 0) is 31.4 Å². The minimum absolute atomic E-state index is 0.0191. The first-order valence-corrected chi connectivity index (χ1v) is 7.29. The van der Waals surface area contributed by atoms with E-state index in [2.05, 4.69) is 19.2 Å². The second kappa shape index (κ2) is 7.31. The Bertz CT molecular complexity index is 580. The molecule has 0 aliphatic heterocycles. The van der Waals surface area contributed by atoms with Crippen molar-refractivity contribution in [2.45, 2.75) is 32.0 Å². The predicted octanol–water partition coefficient (Wildman–Crippen LogP) is 5.04. The Balaban J connectivity index is 2.94. The van der Waals surface area contributed by atoms with E-state index in [9.17, 15) is 18.3 Å². The fourth-order valence-corrected chi connectivity index (χ4v) is 2.42. The molecule has 0 atom stereocenters. The van der Waals surface area contributed by atoms with Gasteiger partial charge in [0.15, 0.2) is 0 Å². The van der Waals surface area contributed by atoms with Gasteiger partial charge in [0, 0.05) is 19.0 Å². The van der Waals surface area contributed by atoms with Gasteiger partial charge in [-0.15, -0.1) is 12.6 Å². The molecule has 0 bridgehead atoms. The molecular formula is C16H20F3NO2S. The van der Waals surface area contributed by atoms with Crippen molar-refractivity contribution in [3.8, 4) is 0 Å². The first kappa shape index (κ1) is 19.4. The summed E-state index contributed by atoms with van der Waals surface area (Å²) in [5, 5.41) is 12.1. The number of rotatable bonds is 6. The second-order valence-corrected chi connectivity index (χ2v) is 5.94. The van der Waals surface area contributed by atoms with E-state index in [0.29, 0.717) is 11.3 Å². The summed E-state index contributed by atoms with van der Waals surface area (Å²) in [6.07, 6.45) is -4.17. The molecule has 0 radical (unpaired) electrons. The van der Waals surface area contributed by atoms with Crippen molar-refractivity contribution in [2.24, 2.45) is 0 Å². The lowest BCUT2D eigenvalue weighted by molar-refractivity contribution is -0.185. The van der Waals surface area contributed by atoms with Crippen molar-refractivity contribution in [2.75, 3.05) is 7.05 Å². The number of alkyl halides is 3. The normalized spacial score (nSPS) is 13.1. The highest BCUT2D eigenvalue weighted by Crippen LogP contribution is 2.31. The van der Waals surface area contributed by atoms with Gasteiger partial charge in [-0.2, -0.15) is 13.2 Å². The van der Waals surface area contributed by atoms with Crippen molar-refractivity contribution in [3.05, 3.63) is 53.1 Å². The van der Waals surface area contributed by atoms with E-state index < -0.39 is 17.3 Å². The van der Waals surface area contributed by atoms with Crippen LogP contribution in [0.1, 0.15) is 31.4 Å². The van der Waals surface area contributed by atoms with Crippen LogP contribution in [0, 0.1) is 0 Å². The zero-order valence-corrected chi connectivity index (χ0v) is 14.1. The average molecular weight is 347 g/mol. The number of nitrogens with zero attached hydrogens (tertiary/aromatic N) is 1. The number of thiol groups is 1. The first-order chi connectivity index (χ1) is 10.5. The topological polar surface area (TPSA) is 32.7 Å². The van der Waals surface area contributed by atoms with E-state index in [1.54, 1.807) is 20.9 Å². The maximum Gasteiger partial charge on any atom is 0.416 e. The van der Waals surface area contributed by atoms with E-state index in [1.165, 1.54) is 22.6 Å². The number of aliphatic hydroxyl groups excluding tert-OH is 1. The molecule has 1 aromatic rings. The third-order valence-corrected chi connectivity index (χ3v) is 3.23. The lowest BCUT2D eigenvalue weighted by atomic mass is 10.0. The molecule has 0 aromatic heterocycles. The van der Waals surface area contributed by atoms with Crippen molar-refractivity contribution in [3.63, 3.8) is 0 Å². The highest BCUT2D eigenvalue weighted by atomic mass is 32.1. The lowest BCUT2D eigenvalue weighted by Gasteiger charge is -2.32. The number of hydrogen-bond acceptors (Lipinski definition) is 4. The average Bonchev–Trinajstić information content (AvgIpc) is 2.36. The minimum atomic E-state index is -4.38. The molecule has 0 spiro atoms. The van der Waals surface area contributed by atoms with Crippen LogP contribution in [0.15, 0.2) is 42.0 Å². The van der Waals surface area contributed by atoms with Crippen molar-refractivity contribution in [1.82, 2.24) is 5.06 Å². The monoisotopic (exact) mass is 347 g/mol. The van der Waals surface area contributed by atoms with Crippen molar-refractivity contribution < 1.29 is 23.1 Å². The molecule has 23 heavy (non-hydrogen) atoms. The van der Waals surface area contributed by atoms with Gasteiger partial charge in [0.1, 0.15) is 0 Å². The Morgan fingerprint density at radius 1 is 1.30 bits per heavy atom. The summed E-state index contributed by atoms with van der Waals surface area (Å²) in [4.78, 5) is 5.73. The van der Waals surface area contributed by atoms with Crippen LogP contribution >= 0.6 is 12.6 Å². The summed E-state index contributed by atoms with van der Waals surface area (Å²) in [7, 11) is 1.61. The third kappa shape index (κ3) is 5.84. The Morgan fingerprint density at radius 2 is 1.83 bits per heavy atom. The number of aliphatic hydroxyl groups is 1. The molecule has 0 heterocycles. The van der Waals surface area contributed by atoms with Crippen molar-refractivity contribution in [1.29, 1.82) is 0 Å². The van der Waals surface area contributed by atoms with E-state index in [0.717, 1.165) is 12.1 Å². The standard InChI is InChI=1S/C16H20F3NO2S/c1-11(21)9-15(2,3)22-20(4)14(10-23)12-5-7-13(8-6-12)16(17,18)19/h5-8,10,21,23H,1,9H2,2-4H3/b14-10-. The van der Waals surface area contributed by atoms with Gasteiger partial charge in [-0.3, -0.25) is 9.90 Å². The largest absolute Gasteiger partial charge is 0.513 e. The third-order valence-electron chi connectivity index (χ3n) is 2.98. The molecule has 0 unspecified atom stereocenters. The number of hydroxylamine groups is 2. The quantitative estimate of drug-likeness (QED) is 0.430. The number of benzene rings is 1. The molecule has 1 N–H and O–H groups in total. The Morgan fingerprint density at radius 3 is 2.22 bits per heavy atom. The SMILES string of the molecule is C=C(O)CC(C)(C)ON(C)/C(=C\S)c1ccc(C(F)(F)F)cc1. The molecule has 1 rings (SSSR count). The fourth-order valence-electron chi connectivity index (χ4n) is 2.11. The highest BCUT2D eigenvalue weighted by molar-refractivity contribution is 7.83. The molecule has 7 heteroatoms. The van der Waals surface area contributed by atoms with E-state index in [4.69, 9.17) is 4.84 Å². The molecule has 128 valence electrons. The predicted molar refractivity (Wildman–Crippen MR) is 87.7 cm³/mol. The summed E-state index contributed by atoms with van der Waals surface area (Å²) in [6.45, 7) is 6.94. The van der Waals surface area contributed by atoms with Gasteiger partial charge >= 0.3 is 6.18 Å². The molecule has 3 nitrogen and oxygen atoms in total. The van der Waals surface area contributed by atoms with Crippen LogP contribution in [-0.4, -0.2) is 22.8 Å². The summed E-state index contributed by atoms with van der Waals surface area (Å²) in [5.41, 5.74) is -0.456. The van der Waals surface area contributed by atoms with Gasteiger partial charge in [-0.1, -0.05) is 18.7 Å². The molecule has 1 aromatic carbocycles. The minimum Gasteiger partial charge on any atom is -0.513 e. The smallest absolute Gasteiger partial charge is 0.416 e. The molecule has 0 saturated heterocycles. The van der Waals surface area contributed by atoms with Crippen LogP contribution in [0.25, 0.3) is 5.70 Å². The molecule has 0 aliphatic rings. The zero-order valence-electron chi connectivity index (χ0n) is 13.2. The Hall–Kier alpha value is -1.60. The highest BCUT2D eigenvalue weighted by Gasteiger charge is 2.30. The van der Waals surface area contributed by atoms with E-state index in [-0.39, 0.29) is 12.2 Å². The maximum absolute atomic E-state index is 12.6. The van der Waals surface area contributed by atoms with Gasteiger partial charge in [-0.25, -0.2) is 0 Å². The van der Waals surface area contributed by atoms with Crippen LogP contribution in [0.3, 0.4) is 0 Å². The summed E-state index contributed by atoms with van der Waals surface area (Å²) in [5.74, 6) is -0.0191. The van der Waals surface area contributed by atoms with Gasteiger partial charge in [0.25, 0.3) is 0 Å². The van der Waals surface area contributed by atoms with Crippen LogP contribution in [0.4, 0.5) is 13.2 Å². The van der Waals surface area contributed by atoms with Crippen LogP contribution in [-0.2, 0) is 11.0 Å². The molecule has 0 fully saturated rings. The van der Waals surface area contributed by atoms with E-state index in [1.807, 2.05) is 0 Å². The molecule has 0 aliphatic carbocycles. The summed E-state index contributed by atoms with van der Waals surface area (Å²) >= 11 is 4.10. The molecule has 0 saturated carbocycles. The lowest BCUT2D eigenvalue weighted by Crippen LogP contribution is -2.33. The van der Waals surface area contributed by atoms with Gasteiger partial charge in [0.2, 0.25) is 0 Å². The first-order valence-electron chi connectivity index (χ1n) is 6.78. The van der Waals surface area contributed by atoms with E-state index >= 15 is 0 Å². The number of halogens is 3. The van der Waals surface area contributed by atoms with Crippen molar-refractivity contribution >= 4 is 18.3 Å². The van der Waals surface area contributed by atoms with Gasteiger partial charge in [0.05, 0.1) is 22.6 Å². The van der Waals surface area contributed by atoms with Gasteiger partial charge < -0.3 is 5.11 Å². The summed E-state index contributed by atoms with van der Waals surface area (Å²) < 4.78 is 37.8. The fraction of sp³-hybridized carbons (Fsp3) is 0.375. The Kier molecular flexibility index (Phi) is 6.18.